The van der Waals surface area contributed by atoms with Crippen molar-refractivity contribution in [1.29, 1.82) is 0 Å². The lowest BCUT2D eigenvalue weighted by atomic mass is 9.76. The highest BCUT2D eigenvalue weighted by atomic mass is 16.5. The van der Waals surface area contributed by atoms with Crippen LogP contribution in [0.3, 0.4) is 0 Å². The van der Waals surface area contributed by atoms with Gasteiger partial charge in [0.2, 0.25) is 5.91 Å². The van der Waals surface area contributed by atoms with Crippen LogP contribution >= 0.6 is 0 Å². The van der Waals surface area contributed by atoms with Crippen LogP contribution in [0.4, 0.5) is 0 Å². The van der Waals surface area contributed by atoms with Gasteiger partial charge in [-0.2, -0.15) is 0 Å². The van der Waals surface area contributed by atoms with Crippen LogP contribution in [0, 0.1) is 11.8 Å². The largest absolute Gasteiger partial charge is 0.469 e. The molecule has 0 aromatic rings. The number of carbonyl (C=O) groups excluding carboxylic acids is 2. The van der Waals surface area contributed by atoms with Crippen molar-refractivity contribution in [1.82, 2.24) is 5.32 Å². The summed E-state index contributed by atoms with van der Waals surface area (Å²) in [6, 6.07) is 0. The van der Waals surface area contributed by atoms with Crippen LogP contribution < -0.4 is 5.32 Å². The first-order valence-electron chi connectivity index (χ1n) is 6.35. The van der Waals surface area contributed by atoms with E-state index in [2.05, 4.69) is 22.2 Å². The number of fused-ring (bicyclic) bond motifs is 1. The molecule has 3 aliphatic heterocycles. The number of ether oxygens (including phenoxy) is 2. The van der Waals surface area contributed by atoms with Crippen molar-refractivity contribution in [2.45, 2.75) is 31.0 Å². The Kier molecular flexibility index (Phi) is 2.66. The van der Waals surface area contributed by atoms with Gasteiger partial charge >= 0.3 is 5.97 Å². The summed E-state index contributed by atoms with van der Waals surface area (Å²) in [6.45, 7) is 0.554. The summed E-state index contributed by atoms with van der Waals surface area (Å²) in [7, 11) is 1.40. The molecule has 1 spiro atoms. The minimum Gasteiger partial charge on any atom is -0.469 e. The maximum Gasteiger partial charge on any atom is 0.305 e. The molecule has 0 radical (unpaired) electrons. The summed E-state index contributed by atoms with van der Waals surface area (Å²) >= 11 is 0. The van der Waals surface area contributed by atoms with Gasteiger partial charge in [-0.3, -0.25) is 9.59 Å². The smallest absolute Gasteiger partial charge is 0.305 e. The van der Waals surface area contributed by atoms with E-state index in [4.69, 9.17) is 4.74 Å². The average Bonchev–Trinajstić information content (AvgIpc) is 2.91. The van der Waals surface area contributed by atoms with Gasteiger partial charge in [-0.1, -0.05) is 12.2 Å². The number of hydrogen-bond donors (Lipinski definition) is 1. The Balaban J connectivity index is 1.73. The molecule has 0 aromatic heterocycles. The van der Waals surface area contributed by atoms with Crippen molar-refractivity contribution < 1.29 is 19.1 Å². The molecule has 5 nitrogen and oxygen atoms in total. The number of nitrogens with one attached hydrogen (secondary N) is 1. The molecule has 4 atom stereocenters. The highest BCUT2D eigenvalue weighted by Gasteiger charge is 2.58. The third-order valence-corrected chi connectivity index (χ3v) is 4.37. The Morgan fingerprint density at radius 2 is 2.50 bits per heavy atom. The second kappa shape index (κ2) is 4.09. The highest BCUT2D eigenvalue weighted by molar-refractivity contribution is 5.78. The second-order valence-electron chi connectivity index (χ2n) is 5.26. The van der Waals surface area contributed by atoms with E-state index >= 15 is 0 Å². The Hall–Kier alpha value is -1.36. The first-order chi connectivity index (χ1) is 8.64. The van der Waals surface area contributed by atoms with Crippen molar-refractivity contribution >= 4 is 11.9 Å². The fraction of sp³-hybridized carbons (Fsp3) is 0.692. The van der Waals surface area contributed by atoms with Gasteiger partial charge in [-0.25, -0.2) is 0 Å². The normalized spacial score (nSPS) is 40.5. The standard InChI is InChI=1S/C13H17NO4/c1-17-12(16)3-2-8-9-6-11(15)14-7-13(9)5-4-10(8)18-13/h4-5,8-10H,2-3,6-7H2,1H3,(H,14,15)/t8-,9-,10-,13-/m1/s1/i6+1,11+1. The molecule has 98 valence electrons. The van der Waals surface area contributed by atoms with Gasteiger partial charge < -0.3 is 14.8 Å². The van der Waals surface area contributed by atoms with Crippen molar-refractivity contribution in [2.24, 2.45) is 11.8 Å². The fourth-order valence-corrected chi connectivity index (χ4v) is 3.44. The van der Waals surface area contributed by atoms with Crippen LogP contribution in [0.5, 0.6) is 0 Å². The minimum atomic E-state index is -0.320. The molecule has 3 rings (SSSR count). The highest BCUT2D eigenvalue weighted by Crippen LogP contribution is 2.51. The predicted molar refractivity (Wildman–Crippen MR) is 62.6 cm³/mol. The third-order valence-electron chi connectivity index (χ3n) is 4.37. The monoisotopic (exact) mass is 253 g/mol. The fourth-order valence-electron chi connectivity index (χ4n) is 3.44. The second-order valence-corrected chi connectivity index (χ2v) is 5.26. The Bertz CT molecular complexity index is 419. The zero-order valence-corrected chi connectivity index (χ0v) is 10.3. The molecule has 1 N–H and O–H groups in total. The Morgan fingerprint density at radius 3 is 3.28 bits per heavy atom. The van der Waals surface area contributed by atoms with Crippen molar-refractivity contribution in [3.8, 4) is 0 Å². The van der Waals surface area contributed by atoms with Crippen LogP contribution in [-0.4, -0.2) is 37.2 Å². The predicted octanol–water partition coefficient (Wildman–Crippen LogP) is 0.399. The van der Waals surface area contributed by atoms with E-state index in [1.165, 1.54) is 7.11 Å². The molecule has 18 heavy (non-hydrogen) atoms. The zero-order chi connectivity index (χ0) is 12.8. The number of amides is 1. The molecule has 0 unspecified atom stereocenters. The van der Waals surface area contributed by atoms with E-state index in [9.17, 15) is 9.59 Å². The molecule has 0 saturated carbocycles. The molecular formula is C13H17NO4. The van der Waals surface area contributed by atoms with E-state index in [1.807, 2.05) is 0 Å². The van der Waals surface area contributed by atoms with Gasteiger partial charge in [0.05, 0.1) is 19.8 Å². The van der Waals surface area contributed by atoms with Gasteiger partial charge in [-0.15, -0.1) is 0 Å². The van der Waals surface area contributed by atoms with Gasteiger partial charge in [0.1, 0.15) is 5.60 Å². The van der Waals surface area contributed by atoms with E-state index in [0.29, 0.717) is 19.4 Å². The molecule has 3 heterocycles. The Morgan fingerprint density at radius 1 is 1.67 bits per heavy atom. The van der Waals surface area contributed by atoms with Crippen LogP contribution in [0.1, 0.15) is 19.3 Å². The molecule has 5 heteroatoms. The summed E-state index contributed by atoms with van der Waals surface area (Å²) in [5, 5.41) is 2.86. The van der Waals surface area contributed by atoms with Crippen LogP contribution in [0.15, 0.2) is 12.2 Å². The first-order valence-corrected chi connectivity index (χ1v) is 6.35. The molecular weight excluding hydrogens is 236 g/mol. The van der Waals surface area contributed by atoms with Crippen LogP contribution in [0.25, 0.3) is 0 Å². The maximum atomic E-state index is 11.5. The SMILES string of the molecule is COC(=O)CC[C@@H]1[C@H]2[13CH2][13C](=O)NC[C@]23C=C[C@H]1O3. The van der Waals surface area contributed by atoms with Crippen LogP contribution in [0.2, 0.25) is 0 Å². The average molecular weight is 253 g/mol. The summed E-state index contributed by atoms with van der Waals surface area (Å²) in [4.78, 5) is 22.8. The zero-order valence-electron chi connectivity index (χ0n) is 10.3. The number of carbonyl (C=O) groups is 2. The molecule has 0 aliphatic carbocycles. The number of methoxy groups -OCH3 is 1. The minimum absolute atomic E-state index is 0.0485. The van der Waals surface area contributed by atoms with E-state index in [1.54, 1.807) is 0 Å². The van der Waals surface area contributed by atoms with E-state index < -0.39 is 0 Å². The van der Waals surface area contributed by atoms with Crippen molar-refractivity contribution in [3.05, 3.63) is 12.2 Å². The van der Waals surface area contributed by atoms with Crippen molar-refractivity contribution in [3.63, 3.8) is 0 Å². The molecule has 2 fully saturated rings. The number of rotatable bonds is 3. The molecule has 3 aliphatic rings. The number of esters is 1. The summed E-state index contributed by atoms with van der Waals surface area (Å²) in [5.41, 5.74) is -0.320. The third kappa shape index (κ3) is 1.65. The summed E-state index contributed by atoms with van der Waals surface area (Å²) in [5.74, 6) is 0.334. The van der Waals surface area contributed by atoms with E-state index in [-0.39, 0.29) is 35.4 Å². The van der Waals surface area contributed by atoms with Gasteiger partial charge in [-0.05, 0) is 12.3 Å². The van der Waals surface area contributed by atoms with Gasteiger partial charge in [0, 0.05) is 18.8 Å². The van der Waals surface area contributed by atoms with E-state index in [0.717, 1.165) is 6.42 Å². The lowest BCUT2D eigenvalue weighted by Crippen LogP contribution is -2.52. The molecule has 2 saturated heterocycles. The Labute approximate surface area is 106 Å². The lowest BCUT2D eigenvalue weighted by molar-refractivity contribution is -0.141. The molecule has 1 amide bonds. The number of hydrogen-bond acceptors (Lipinski definition) is 4. The van der Waals surface area contributed by atoms with Crippen molar-refractivity contribution in [2.75, 3.05) is 13.7 Å². The maximum absolute atomic E-state index is 11.5. The first kappa shape index (κ1) is 11.7. The van der Waals surface area contributed by atoms with Crippen LogP contribution in [-0.2, 0) is 19.1 Å². The quantitative estimate of drug-likeness (QED) is 0.449. The lowest BCUT2D eigenvalue weighted by Gasteiger charge is -2.37. The molecule has 2 bridgehead atoms. The van der Waals surface area contributed by atoms with Gasteiger partial charge in [0.15, 0.2) is 0 Å². The number of piperidine rings is 1. The topological polar surface area (TPSA) is 64.6 Å². The summed E-state index contributed by atoms with van der Waals surface area (Å²) in [6.07, 6.45) is 5.80. The van der Waals surface area contributed by atoms with Gasteiger partial charge in [0.25, 0.3) is 0 Å². The molecule has 0 aromatic carbocycles. The summed E-state index contributed by atoms with van der Waals surface area (Å²) < 4.78 is 10.7.